The van der Waals surface area contributed by atoms with Crippen LogP contribution in [0.25, 0.3) is 0 Å². The van der Waals surface area contributed by atoms with Crippen molar-refractivity contribution in [3.63, 3.8) is 0 Å². The lowest BCUT2D eigenvalue weighted by atomic mass is 9.81. The number of likely N-dealkylation sites (tertiary alicyclic amines) is 1. The lowest BCUT2D eigenvalue weighted by Gasteiger charge is -2.41. The summed E-state index contributed by atoms with van der Waals surface area (Å²) in [5.41, 5.74) is 8.01. The molecular weight excluding hydrogens is 513 g/mol. The minimum Gasteiger partial charge on any atom is -0.443 e. The van der Waals surface area contributed by atoms with Gasteiger partial charge in [-0.3, -0.25) is 14.2 Å². The van der Waals surface area contributed by atoms with Crippen LogP contribution in [0.1, 0.15) is 76.3 Å². The van der Waals surface area contributed by atoms with Gasteiger partial charge >= 0.3 is 5.97 Å². The van der Waals surface area contributed by atoms with Crippen LogP contribution in [0.5, 0.6) is 0 Å². The molecule has 204 valence electrons. The van der Waals surface area contributed by atoms with Gasteiger partial charge in [-0.15, -0.1) is 24.8 Å². The van der Waals surface area contributed by atoms with Gasteiger partial charge in [0.25, 0.3) is 0 Å². The van der Waals surface area contributed by atoms with Crippen molar-refractivity contribution in [1.29, 1.82) is 0 Å². The van der Waals surface area contributed by atoms with Crippen LogP contribution < -0.4 is 11.1 Å². The van der Waals surface area contributed by atoms with Crippen molar-refractivity contribution >= 4 is 42.4 Å². The van der Waals surface area contributed by atoms with Gasteiger partial charge in [-0.05, 0) is 51.7 Å². The van der Waals surface area contributed by atoms with Crippen LogP contribution in [-0.2, 0) is 21.1 Å². The number of hydrogen-bond acceptors (Lipinski definition) is 6. The zero-order valence-electron chi connectivity index (χ0n) is 21.8. The van der Waals surface area contributed by atoms with Crippen LogP contribution in [0.3, 0.4) is 0 Å². The number of imidazole rings is 1. The lowest BCUT2D eigenvalue weighted by molar-refractivity contribution is -0.157. The molecule has 8 nitrogen and oxygen atoms in total. The molecular formula is C27H39Cl2N5O3. The molecule has 1 saturated carbocycles. The third-order valence-electron chi connectivity index (χ3n) is 7.86. The first-order valence-electron chi connectivity index (χ1n) is 12.9. The van der Waals surface area contributed by atoms with E-state index in [1.54, 1.807) is 6.20 Å². The number of carbonyl (C=O) groups excluding carboxylic acids is 2. The molecule has 2 aromatic rings. The monoisotopic (exact) mass is 551 g/mol. The molecule has 0 unspecified atom stereocenters. The summed E-state index contributed by atoms with van der Waals surface area (Å²) in [6, 6.07) is 8.06. The second kappa shape index (κ2) is 11.6. The maximum absolute atomic E-state index is 13.8. The number of ether oxygens (including phenoxy) is 1. The third kappa shape index (κ3) is 5.61. The average molecular weight is 553 g/mol. The maximum atomic E-state index is 13.8. The van der Waals surface area contributed by atoms with E-state index in [1.807, 2.05) is 43.7 Å². The smallest absolute Gasteiger partial charge is 0.312 e. The number of aromatic nitrogens is 2. The van der Waals surface area contributed by atoms with Crippen molar-refractivity contribution in [3.05, 3.63) is 48.0 Å². The first-order chi connectivity index (χ1) is 16.8. The molecule has 1 aliphatic carbocycles. The normalized spacial score (nSPS) is 26.6. The highest BCUT2D eigenvalue weighted by Crippen LogP contribution is 2.51. The Morgan fingerprint density at radius 1 is 1.14 bits per heavy atom. The lowest BCUT2D eigenvalue weighted by Crippen LogP contribution is -2.47. The van der Waals surface area contributed by atoms with E-state index in [0.717, 1.165) is 49.2 Å². The number of fused-ring (bicyclic) bond motifs is 3. The largest absolute Gasteiger partial charge is 0.443 e. The summed E-state index contributed by atoms with van der Waals surface area (Å²) >= 11 is 0. The highest BCUT2D eigenvalue weighted by molar-refractivity contribution is 5.85. The van der Waals surface area contributed by atoms with Crippen molar-refractivity contribution in [3.8, 4) is 0 Å². The minimum atomic E-state index is -0.569. The Morgan fingerprint density at radius 3 is 2.59 bits per heavy atom. The molecule has 5 rings (SSSR count). The number of hydrogen-bond donors (Lipinski definition) is 2. The van der Waals surface area contributed by atoms with E-state index in [9.17, 15) is 9.59 Å². The number of nitrogens with two attached hydrogens (primary N) is 1. The zero-order chi connectivity index (χ0) is 24.7. The molecule has 0 radical (unpaired) electrons. The van der Waals surface area contributed by atoms with Crippen molar-refractivity contribution in [2.24, 2.45) is 23.0 Å². The maximum Gasteiger partial charge on any atom is 0.312 e. The fourth-order valence-corrected chi connectivity index (χ4v) is 5.96. The van der Waals surface area contributed by atoms with Gasteiger partial charge in [0.15, 0.2) is 6.73 Å². The Hall–Kier alpha value is -2.29. The highest BCUT2D eigenvalue weighted by atomic mass is 35.5. The zero-order valence-corrected chi connectivity index (χ0v) is 23.4. The number of nitrogens with one attached hydrogen (secondary N) is 1. The number of para-hydroxylation sites is 1. The molecule has 1 amide bonds. The molecule has 10 heteroatoms. The summed E-state index contributed by atoms with van der Waals surface area (Å²) in [4.78, 5) is 32.9. The van der Waals surface area contributed by atoms with Gasteiger partial charge in [-0.1, -0.05) is 31.0 Å². The van der Waals surface area contributed by atoms with Gasteiger partial charge in [-0.25, -0.2) is 4.98 Å². The molecule has 3 heterocycles. The molecule has 2 fully saturated rings. The van der Waals surface area contributed by atoms with Crippen LogP contribution in [0, 0.1) is 17.3 Å². The summed E-state index contributed by atoms with van der Waals surface area (Å²) < 4.78 is 7.49. The van der Waals surface area contributed by atoms with Gasteiger partial charge < -0.3 is 20.7 Å². The Bertz CT molecular complexity index is 1100. The third-order valence-corrected chi connectivity index (χ3v) is 7.86. The van der Waals surface area contributed by atoms with E-state index < -0.39 is 5.41 Å². The summed E-state index contributed by atoms with van der Waals surface area (Å²) in [6.07, 6.45) is 8.44. The number of esters is 1. The molecule has 1 saturated heterocycles. The molecule has 3 N–H and O–H groups in total. The topological polar surface area (TPSA) is 102 Å². The standard InChI is InChI=1S/C27H37N5O3.2ClH/c1-27(2,3)26(34)35-16-31-15-13-29-24(31)22-19-12-14-32(25(33)17-8-4-6-10-20(17)28)23(19)18-9-5-7-11-21(18)30-22;;/h5,7,9,11,13,15,17,19-20,22-23,30H,4,6,8,10,12,14,16,28H2,1-3H3;2*1H/t17-,19+,20+,22+,23-;;/m0../s1. The number of anilines is 1. The second-order valence-electron chi connectivity index (χ2n) is 11.3. The van der Waals surface area contributed by atoms with Crippen LogP contribution in [0.2, 0.25) is 0 Å². The first kappa shape index (κ1) is 29.3. The number of rotatable bonds is 4. The van der Waals surface area contributed by atoms with Gasteiger partial charge in [-0.2, -0.15) is 0 Å². The number of nitrogens with zero attached hydrogens (tertiary/aromatic N) is 3. The number of benzene rings is 1. The van der Waals surface area contributed by atoms with E-state index in [-0.39, 0.29) is 73.4 Å². The van der Waals surface area contributed by atoms with Gasteiger partial charge in [0.2, 0.25) is 5.91 Å². The van der Waals surface area contributed by atoms with Gasteiger partial charge in [0.1, 0.15) is 5.82 Å². The van der Waals surface area contributed by atoms with Crippen molar-refractivity contribution < 1.29 is 14.3 Å². The Morgan fingerprint density at radius 2 is 1.86 bits per heavy atom. The SMILES string of the molecule is CC(C)(C)C(=O)OCn1ccnc1[C@@H]1Nc2ccccc2[C@H]2[C@@H]1CCN2C(=O)[C@H]1CCCC[C@H]1N.Cl.Cl. The van der Waals surface area contributed by atoms with Crippen LogP contribution in [-0.4, -0.2) is 38.9 Å². The first-order valence-corrected chi connectivity index (χ1v) is 12.9. The van der Waals surface area contributed by atoms with Crippen molar-refractivity contribution in [1.82, 2.24) is 14.5 Å². The Labute approximate surface area is 231 Å². The fourth-order valence-electron chi connectivity index (χ4n) is 5.96. The van der Waals surface area contributed by atoms with Gasteiger partial charge in [0.05, 0.1) is 23.4 Å². The molecule has 3 aliphatic rings. The van der Waals surface area contributed by atoms with Crippen molar-refractivity contribution in [2.45, 2.75) is 77.7 Å². The van der Waals surface area contributed by atoms with Crippen LogP contribution in [0.15, 0.2) is 36.7 Å². The van der Waals surface area contributed by atoms with E-state index in [4.69, 9.17) is 10.5 Å². The Balaban J connectivity index is 0.00000190. The molecule has 0 spiro atoms. The minimum absolute atomic E-state index is 0. The van der Waals surface area contributed by atoms with Crippen LogP contribution in [0.4, 0.5) is 5.69 Å². The second-order valence-corrected chi connectivity index (χ2v) is 11.3. The summed E-state index contributed by atoms with van der Waals surface area (Å²) in [5, 5.41) is 3.69. The Kier molecular flexibility index (Phi) is 9.19. The molecule has 1 aromatic heterocycles. The molecule has 5 atom stereocenters. The number of carbonyl (C=O) groups is 2. The van der Waals surface area contributed by atoms with E-state index in [2.05, 4.69) is 27.3 Å². The summed E-state index contributed by atoms with van der Waals surface area (Å²) in [5.74, 6) is 0.829. The molecule has 1 aromatic carbocycles. The van der Waals surface area contributed by atoms with E-state index in [1.165, 1.54) is 0 Å². The average Bonchev–Trinajstić information content (AvgIpc) is 3.49. The molecule has 2 aliphatic heterocycles. The predicted molar refractivity (Wildman–Crippen MR) is 148 cm³/mol. The predicted octanol–water partition coefficient (Wildman–Crippen LogP) is 4.85. The van der Waals surface area contributed by atoms with E-state index >= 15 is 0 Å². The van der Waals surface area contributed by atoms with Gasteiger partial charge in [0, 0.05) is 36.6 Å². The summed E-state index contributed by atoms with van der Waals surface area (Å²) in [7, 11) is 0. The molecule has 0 bridgehead atoms. The molecule has 37 heavy (non-hydrogen) atoms. The quantitative estimate of drug-likeness (QED) is 0.526. The van der Waals surface area contributed by atoms with Crippen LogP contribution >= 0.6 is 24.8 Å². The number of halogens is 2. The number of amides is 1. The van der Waals surface area contributed by atoms with Crippen molar-refractivity contribution in [2.75, 3.05) is 11.9 Å². The van der Waals surface area contributed by atoms with E-state index in [0.29, 0.717) is 6.54 Å². The fraction of sp³-hybridized carbons (Fsp3) is 0.593. The summed E-state index contributed by atoms with van der Waals surface area (Å²) in [6.45, 7) is 6.36. The highest BCUT2D eigenvalue weighted by Gasteiger charge is 2.49.